The van der Waals surface area contributed by atoms with Gasteiger partial charge in [0, 0.05) is 6.61 Å². The first-order valence-electron chi connectivity index (χ1n) is 12.3. The second kappa shape index (κ2) is 13.6. The highest BCUT2D eigenvalue weighted by atomic mass is 16.5. The fourth-order valence-electron chi connectivity index (χ4n) is 5.33. The number of rotatable bonds is 13. The Morgan fingerprint density at radius 2 is 1.26 bits per heavy atom. The van der Waals surface area contributed by atoms with E-state index in [2.05, 4.69) is 13.0 Å². The molecule has 0 atom stereocenters. The first-order valence-corrected chi connectivity index (χ1v) is 12.3. The van der Waals surface area contributed by atoms with E-state index in [4.69, 9.17) is 4.74 Å². The summed E-state index contributed by atoms with van der Waals surface area (Å²) in [6.45, 7) is 3.07. The lowest BCUT2D eigenvalue weighted by atomic mass is 9.70. The summed E-state index contributed by atoms with van der Waals surface area (Å²) < 4.78 is 6.17. The zero-order chi connectivity index (χ0) is 19.2. The van der Waals surface area contributed by atoms with E-state index >= 15 is 0 Å². The summed E-state index contributed by atoms with van der Waals surface area (Å²) in [6, 6.07) is 2.55. The highest BCUT2D eigenvalue weighted by Gasteiger charge is 2.38. The first-order chi connectivity index (χ1) is 13.3. The fourth-order valence-corrected chi connectivity index (χ4v) is 5.33. The zero-order valence-corrected chi connectivity index (χ0v) is 18.2. The van der Waals surface area contributed by atoms with Gasteiger partial charge in [0.25, 0.3) is 0 Å². The van der Waals surface area contributed by atoms with Gasteiger partial charge in [0.05, 0.1) is 6.07 Å². The standard InChI is InChI=1S/C25H45NO/c1-2-3-4-5-6-7-8-9-10-14-21-27-25(22-26)19-17-24(18-20-25)23-15-12-11-13-16-23/h23-24H,2-21H2,1H3. The Hall–Kier alpha value is -0.550. The van der Waals surface area contributed by atoms with E-state index in [0.717, 1.165) is 37.7 Å². The maximum Gasteiger partial charge on any atom is 0.154 e. The van der Waals surface area contributed by atoms with Crippen molar-refractivity contribution < 1.29 is 4.74 Å². The predicted molar refractivity (Wildman–Crippen MR) is 115 cm³/mol. The lowest BCUT2D eigenvalue weighted by Gasteiger charge is -2.39. The van der Waals surface area contributed by atoms with E-state index in [9.17, 15) is 5.26 Å². The largest absolute Gasteiger partial charge is 0.360 e. The summed E-state index contributed by atoms with van der Waals surface area (Å²) in [4.78, 5) is 0. The van der Waals surface area contributed by atoms with Crippen molar-refractivity contribution in [3.8, 4) is 6.07 Å². The normalized spacial score (nSPS) is 26.7. The molecule has 2 aliphatic rings. The Morgan fingerprint density at radius 3 is 1.81 bits per heavy atom. The van der Waals surface area contributed by atoms with Gasteiger partial charge in [-0.25, -0.2) is 0 Å². The molecule has 0 N–H and O–H groups in total. The summed E-state index contributed by atoms with van der Waals surface area (Å²) in [5.41, 5.74) is -0.454. The van der Waals surface area contributed by atoms with Crippen LogP contribution < -0.4 is 0 Å². The molecule has 0 amide bonds. The monoisotopic (exact) mass is 375 g/mol. The second-order valence-electron chi connectivity index (χ2n) is 9.37. The molecule has 0 aromatic rings. The molecule has 2 nitrogen and oxygen atoms in total. The van der Waals surface area contributed by atoms with Crippen LogP contribution in [0.3, 0.4) is 0 Å². The minimum Gasteiger partial charge on any atom is -0.360 e. The highest BCUT2D eigenvalue weighted by Crippen LogP contribution is 2.42. The van der Waals surface area contributed by atoms with E-state index < -0.39 is 5.60 Å². The topological polar surface area (TPSA) is 33.0 Å². The molecule has 2 aliphatic carbocycles. The van der Waals surface area contributed by atoms with Crippen molar-refractivity contribution in [1.82, 2.24) is 0 Å². The van der Waals surface area contributed by atoms with Gasteiger partial charge in [-0.3, -0.25) is 0 Å². The van der Waals surface area contributed by atoms with Crippen LogP contribution in [0.4, 0.5) is 0 Å². The Kier molecular flexibility index (Phi) is 11.5. The van der Waals surface area contributed by atoms with E-state index in [0.29, 0.717) is 0 Å². The smallest absolute Gasteiger partial charge is 0.154 e. The highest BCUT2D eigenvalue weighted by molar-refractivity contribution is 5.05. The Labute approximate surface area is 169 Å². The molecule has 0 aromatic heterocycles. The van der Waals surface area contributed by atoms with Gasteiger partial charge in [0.15, 0.2) is 5.60 Å². The number of nitriles is 1. The van der Waals surface area contributed by atoms with Crippen molar-refractivity contribution in [3.05, 3.63) is 0 Å². The van der Waals surface area contributed by atoms with Crippen LogP contribution in [0.15, 0.2) is 0 Å². The minimum atomic E-state index is -0.454. The summed E-state index contributed by atoms with van der Waals surface area (Å²) in [6.07, 6.45) is 25.0. The molecule has 0 saturated heterocycles. The molecule has 2 fully saturated rings. The van der Waals surface area contributed by atoms with Crippen LogP contribution in [0.1, 0.15) is 129 Å². The Balaban J connectivity index is 1.50. The Bertz CT molecular complexity index is 399. The van der Waals surface area contributed by atoms with Crippen molar-refractivity contribution in [1.29, 1.82) is 5.26 Å². The summed E-state index contributed by atoms with van der Waals surface area (Å²) in [7, 11) is 0. The molecule has 0 aliphatic heterocycles. The minimum absolute atomic E-state index is 0.454. The van der Waals surface area contributed by atoms with Crippen LogP contribution in [0.25, 0.3) is 0 Å². The first kappa shape index (κ1) is 22.7. The number of hydrogen-bond donors (Lipinski definition) is 0. The summed E-state index contributed by atoms with van der Waals surface area (Å²) in [5, 5.41) is 9.72. The van der Waals surface area contributed by atoms with Gasteiger partial charge < -0.3 is 4.74 Å². The van der Waals surface area contributed by atoms with Gasteiger partial charge in [-0.1, -0.05) is 96.8 Å². The third-order valence-electron chi connectivity index (χ3n) is 7.23. The quantitative estimate of drug-likeness (QED) is 0.306. The number of ether oxygens (including phenoxy) is 1. The zero-order valence-electron chi connectivity index (χ0n) is 18.2. The van der Waals surface area contributed by atoms with Gasteiger partial charge in [-0.05, 0) is 43.9 Å². The van der Waals surface area contributed by atoms with Gasteiger partial charge in [0.2, 0.25) is 0 Å². The average molecular weight is 376 g/mol. The van der Waals surface area contributed by atoms with Gasteiger partial charge in [-0.15, -0.1) is 0 Å². The van der Waals surface area contributed by atoms with E-state index in [-0.39, 0.29) is 0 Å². The average Bonchev–Trinajstić information content (AvgIpc) is 2.73. The van der Waals surface area contributed by atoms with Crippen LogP contribution in [0.5, 0.6) is 0 Å². The van der Waals surface area contributed by atoms with Crippen LogP contribution in [-0.4, -0.2) is 12.2 Å². The number of hydrogen-bond acceptors (Lipinski definition) is 2. The van der Waals surface area contributed by atoms with Crippen LogP contribution in [-0.2, 0) is 4.74 Å². The molecule has 0 radical (unpaired) electrons. The third-order valence-corrected chi connectivity index (χ3v) is 7.23. The van der Waals surface area contributed by atoms with Crippen molar-refractivity contribution in [2.45, 2.75) is 135 Å². The molecule has 156 valence electrons. The number of unbranched alkanes of at least 4 members (excludes halogenated alkanes) is 9. The molecule has 0 unspecified atom stereocenters. The molecular weight excluding hydrogens is 330 g/mol. The molecule has 2 saturated carbocycles. The maximum atomic E-state index is 9.72. The summed E-state index contributed by atoms with van der Waals surface area (Å²) in [5.74, 6) is 1.81. The summed E-state index contributed by atoms with van der Waals surface area (Å²) >= 11 is 0. The SMILES string of the molecule is CCCCCCCCCCCCOC1(C#N)CCC(C2CCCCC2)CC1. The van der Waals surface area contributed by atoms with Crippen LogP contribution in [0, 0.1) is 23.2 Å². The molecule has 2 rings (SSSR count). The molecule has 2 heteroatoms. The van der Waals surface area contributed by atoms with Gasteiger partial charge in [0.1, 0.15) is 0 Å². The van der Waals surface area contributed by atoms with Gasteiger partial charge >= 0.3 is 0 Å². The second-order valence-corrected chi connectivity index (χ2v) is 9.37. The maximum absolute atomic E-state index is 9.72. The van der Waals surface area contributed by atoms with Crippen LogP contribution in [0.2, 0.25) is 0 Å². The Morgan fingerprint density at radius 1 is 0.741 bits per heavy atom. The van der Waals surface area contributed by atoms with Crippen molar-refractivity contribution in [2.24, 2.45) is 11.8 Å². The lowest BCUT2D eigenvalue weighted by molar-refractivity contribution is -0.0448. The molecule has 0 bridgehead atoms. The number of nitrogens with zero attached hydrogens (tertiary/aromatic N) is 1. The molecule has 27 heavy (non-hydrogen) atoms. The molecule has 0 spiro atoms. The van der Waals surface area contributed by atoms with Crippen molar-refractivity contribution in [3.63, 3.8) is 0 Å². The van der Waals surface area contributed by atoms with Crippen molar-refractivity contribution >= 4 is 0 Å². The molecular formula is C25H45NO. The molecule has 0 heterocycles. The van der Waals surface area contributed by atoms with E-state index in [1.807, 2.05) is 0 Å². The molecule has 0 aromatic carbocycles. The predicted octanol–water partition coefficient (Wildman–Crippen LogP) is 7.96. The van der Waals surface area contributed by atoms with Gasteiger partial charge in [-0.2, -0.15) is 5.26 Å². The van der Waals surface area contributed by atoms with E-state index in [1.165, 1.54) is 103 Å². The third kappa shape index (κ3) is 8.55. The van der Waals surface area contributed by atoms with Crippen LogP contribution >= 0.6 is 0 Å². The lowest BCUT2D eigenvalue weighted by Crippen LogP contribution is -2.38. The van der Waals surface area contributed by atoms with E-state index in [1.54, 1.807) is 0 Å². The van der Waals surface area contributed by atoms with Crippen molar-refractivity contribution in [2.75, 3.05) is 6.61 Å². The fraction of sp³-hybridized carbons (Fsp3) is 0.960.